The lowest BCUT2D eigenvalue weighted by atomic mass is 10.0. The van der Waals surface area contributed by atoms with E-state index < -0.39 is 11.8 Å². The van der Waals surface area contributed by atoms with Crippen molar-refractivity contribution in [3.05, 3.63) is 58.6 Å². The summed E-state index contributed by atoms with van der Waals surface area (Å²) in [5.41, 5.74) is 6.78. The lowest BCUT2D eigenvalue weighted by Gasteiger charge is -2.32. The van der Waals surface area contributed by atoms with Crippen molar-refractivity contribution >= 4 is 22.8 Å². The normalized spacial score (nSPS) is 15.0. The first-order chi connectivity index (χ1) is 15.8. The summed E-state index contributed by atoms with van der Waals surface area (Å²) in [5, 5.41) is 13.6. The summed E-state index contributed by atoms with van der Waals surface area (Å²) in [6.07, 6.45) is 1.51. The molecule has 0 atom stereocenters. The number of halogens is 1. The van der Waals surface area contributed by atoms with Crippen LogP contribution in [0.15, 0.2) is 34.7 Å². The number of ether oxygens (including phenoxy) is 1. The maximum Gasteiger partial charge on any atom is 0.287 e. The molecule has 0 bridgehead atoms. The van der Waals surface area contributed by atoms with Gasteiger partial charge in [0.15, 0.2) is 11.3 Å². The van der Waals surface area contributed by atoms with Crippen LogP contribution in [-0.4, -0.2) is 48.1 Å². The Morgan fingerprint density at radius 2 is 1.94 bits per heavy atom. The predicted octanol–water partition coefficient (Wildman–Crippen LogP) is 3.09. The lowest BCUT2D eigenvalue weighted by molar-refractivity contribution is 0.0880. The molecule has 4 N–H and O–H groups in total. The number of aromatic hydroxyl groups is 1. The molecule has 0 aliphatic carbocycles. The molecule has 0 unspecified atom stereocenters. The van der Waals surface area contributed by atoms with E-state index in [1.165, 1.54) is 25.3 Å². The van der Waals surface area contributed by atoms with Gasteiger partial charge < -0.3 is 25.3 Å². The second-order valence-corrected chi connectivity index (χ2v) is 8.25. The molecule has 2 aromatic carbocycles. The summed E-state index contributed by atoms with van der Waals surface area (Å²) < 4.78 is 24.1. The third kappa shape index (κ3) is 4.49. The Labute approximate surface area is 190 Å². The lowest BCUT2D eigenvalue weighted by Crippen LogP contribution is -2.44. The molecule has 3 aromatic rings. The maximum atomic E-state index is 13.1. The van der Waals surface area contributed by atoms with Crippen molar-refractivity contribution in [3.8, 4) is 11.5 Å². The van der Waals surface area contributed by atoms with Crippen molar-refractivity contribution in [2.45, 2.75) is 32.4 Å². The first kappa shape index (κ1) is 22.6. The van der Waals surface area contributed by atoms with Crippen LogP contribution in [0, 0.1) is 12.7 Å². The van der Waals surface area contributed by atoms with Gasteiger partial charge >= 0.3 is 0 Å². The fraction of sp³-hybridized carbons (Fsp3) is 0.333. The van der Waals surface area contributed by atoms with E-state index in [0.29, 0.717) is 10.9 Å². The number of nitrogens with zero attached hydrogens (tertiary/aromatic N) is 1. The summed E-state index contributed by atoms with van der Waals surface area (Å²) in [6.45, 7) is 3.99. The Morgan fingerprint density at radius 1 is 1.27 bits per heavy atom. The van der Waals surface area contributed by atoms with Crippen molar-refractivity contribution < 1.29 is 28.2 Å². The van der Waals surface area contributed by atoms with Crippen LogP contribution in [0.25, 0.3) is 11.0 Å². The van der Waals surface area contributed by atoms with Crippen LogP contribution in [0.2, 0.25) is 0 Å². The summed E-state index contributed by atoms with van der Waals surface area (Å²) in [5.74, 6) is -1.57. The van der Waals surface area contributed by atoms with E-state index in [1.807, 2.05) is 0 Å². The number of rotatable bonds is 6. The average molecular weight is 455 g/mol. The van der Waals surface area contributed by atoms with E-state index in [0.717, 1.165) is 38.0 Å². The molecule has 1 aliphatic heterocycles. The molecule has 1 aromatic heterocycles. The number of amides is 2. The molecule has 0 radical (unpaired) electrons. The van der Waals surface area contributed by atoms with Gasteiger partial charge in [-0.2, -0.15) is 0 Å². The van der Waals surface area contributed by atoms with Gasteiger partial charge in [0.2, 0.25) is 0 Å². The Balaban J connectivity index is 1.47. The Morgan fingerprint density at radius 3 is 2.55 bits per heavy atom. The summed E-state index contributed by atoms with van der Waals surface area (Å²) >= 11 is 0. The van der Waals surface area contributed by atoms with Crippen molar-refractivity contribution in [2.24, 2.45) is 5.73 Å². The number of furan rings is 1. The number of primary amides is 1. The number of nitrogens with one attached hydrogen (secondary N) is 1. The Kier molecular flexibility index (Phi) is 6.24. The van der Waals surface area contributed by atoms with Gasteiger partial charge in [0.05, 0.1) is 12.5 Å². The molecule has 33 heavy (non-hydrogen) atoms. The van der Waals surface area contributed by atoms with Crippen LogP contribution in [0.4, 0.5) is 4.39 Å². The number of benzene rings is 2. The third-order valence-electron chi connectivity index (χ3n) is 6.06. The van der Waals surface area contributed by atoms with E-state index in [2.05, 4.69) is 10.2 Å². The number of hydrogen-bond acceptors (Lipinski definition) is 6. The second kappa shape index (κ2) is 9.11. The van der Waals surface area contributed by atoms with Crippen molar-refractivity contribution in [1.29, 1.82) is 0 Å². The highest BCUT2D eigenvalue weighted by Gasteiger charge is 2.28. The number of likely N-dealkylation sites (tertiary alicyclic amines) is 1. The second-order valence-electron chi connectivity index (χ2n) is 8.25. The van der Waals surface area contributed by atoms with Crippen LogP contribution in [-0.2, 0) is 6.54 Å². The smallest absolute Gasteiger partial charge is 0.287 e. The molecule has 0 spiro atoms. The SMILES string of the molecule is COc1cc(O)c(C(N)=O)c2oc(C(=O)NC3CCN(Cc4ccc(F)cc4)CC3)c(C)c12. The number of methoxy groups -OCH3 is 1. The number of carbonyl (C=O) groups excluding carboxylic acids is 2. The molecule has 2 heterocycles. The highest BCUT2D eigenvalue weighted by Crippen LogP contribution is 2.40. The zero-order chi connectivity index (χ0) is 23.7. The van der Waals surface area contributed by atoms with Gasteiger partial charge in [-0.1, -0.05) is 12.1 Å². The van der Waals surface area contributed by atoms with Crippen LogP contribution < -0.4 is 15.8 Å². The van der Waals surface area contributed by atoms with Crippen LogP contribution >= 0.6 is 0 Å². The molecule has 1 fully saturated rings. The molecule has 1 aliphatic rings. The van der Waals surface area contributed by atoms with Crippen molar-refractivity contribution in [2.75, 3.05) is 20.2 Å². The third-order valence-corrected chi connectivity index (χ3v) is 6.06. The van der Waals surface area contributed by atoms with Crippen LogP contribution in [0.3, 0.4) is 0 Å². The van der Waals surface area contributed by atoms with Crippen molar-refractivity contribution in [1.82, 2.24) is 10.2 Å². The zero-order valence-corrected chi connectivity index (χ0v) is 18.5. The van der Waals surface area contributed by atoms with Gasteiger partial charge in [-0.15, -0.1) is 0 Å². The Hall–Kier alpha value is -3.59. The van der Waals surface area contributed by atoms with E-state index in [4.69, 9.17) is 14.9 Å². The maximum absolute atomic E-state index is 13.1. The number of hydrogen-bond donors (Lipinski definition) is 3. The molecular weight excluding hydrogens is 429 g/mol. The van der Waals surface area contributed by atoms with Crippen molar-refractivity contribution in [3.63, 3.8) is 0 Å². The van der Waals surface area contributed by atoms with E-state index >= 15 is 0 Å². The standard InChI is InChI=1S/C24H26FN3O5/c1-13-19-18(32-2)11-17(29)20(23(26)30)22(19)33-21(13)24(31)27-16-7-9-28(10-8-16)12-14-3-5-15(25)6-4-14/h3-6,11,16,29H,7-10,12H2,1-2H3,(H2,26,30)(H,27,31). The molecule has 2 amide bonds. The first-order valence-electron chi connectivity index (χ1n) is 10.7. The number of piperidine rings is 1. The van der Waals surface area contributed by atoms with Gasteiger partial charge in [0, 0.05) is 37.3 Å². The van der Waals surface area contributed by atoms with E-state index in [-0.39, 0.29) is 40.3 Å². The molecule has 0 saturated carbocycles. The first-order valence-corrected chi connectivity index (χ1v) is 10.7. The van der Waals surface area contributed by atoms with Crippen LogP contribution in [0.1, 0.15) is 44.9 Å². The fourth-order valence-corrected chi connectivity index (χ4v) is 4.32. The topological polar surface area (TPSA) is 118 Å². The predicted molar refractivity (Wildman–Crippen MR) is 120 cm³/mol. The molecule has 1 saturated heterocycles. The quantitative estimate of drug-likeness (QED) is 0.526. The molecule has 4 rings (SSSR count). The largest absolute Gasteiger partial charge is 0.507 e. The molecule has 9 heteroatoms. The van der Waals surface area contributed by atoms with E-state index in [9.17, 15) is 19.1 Å². The molecular formula is C24H26FN3O5. The number of carbonyl (C=O) groups is 2. The summed E-state index contributed by atoms with van der Waals surface area (Å²) in [7, 11) is 1.42. The van der Waals surface area contributed by atoms with Gasteiger partial charge in [-0.05, 0) is 37.5 Å². The average Bonchev–Trinajstić information content (AvgIpc) is 3.12. The van der Waals surface area contributed by atoms with Gasteiger partial charge in [-0.3, -0.25) is 14.5 Å². The minimum absolute atomic E-state index is 0.0242. The molecule has 174 valence electrons. The number of aryl methyl sites for hydroxylation is 1. The minimum atomic E-state index is -0.866. The van der Waals surface area contributed by atoms with Crippen LogP contribution in [0.5, 0.6) is 11.5 Å². The van der Waals surface area contributed by atoms with E-state index in [1.54, 1.807) is 19.1 Å². The summed E-state index contributed by atoms with van der Waals surface area (Å²) in [6, 6.07) is 7.70. The minimum Gasteiger partial charge on any atom is -0.507 e. The van der Waals surface area contributed by atoms with Gasteiger partial charge in [0.25, 0.3) is 11.8 Å². The highest BCUT2D eigenvalue weighted by molar-refractivity contribution is 6.11. The van der Waals surface area contributed by atoms with Gasteiger partial charge in [0.1, 0.15) is 22.9 Å². The molecule has 8 nitrogen and oxygen atoms in total. The number of nitrogens with two attached hydrogens (primary N) is 1. The Bertz CT molecular complexity index is 1200. The number of phenols is 1. The fourth-order valence-electron chi connectivity index (χ4n) is 4.32. The van der Waals surface area contributed by atoms with Gasteiger partial charge in [-0.25, -0.2) is 4.39 Å². The highest BCUT2D eigenvalue weighted by atomic mass is 19.1. The number of fused-ring (bicyclic) bond motifs is 1. The monoisotopic (exact) mass is 455 g/mol. The summed E-state index contributed by atoms with van der Waals surface area (Å²) in [4.78, 5) is 27.1. The zero-order valence-electron chi connectivity index (χ0n) is 18.5.